The van der Waals surface area contributed by atoms with E-state index in [1.54, 1.807) is 12.1 Å². The number of aliphatic hydroxyl groups excluding tert-OH is 1. The summed E-state index contributed by atoms with van der Waals surface area (Å²) >= 11 is 0. The highest BCUT2D eigenvalue weighted by Gasteiger charge is 2.47. The van der Waals surface area contributed by atoms with E-state index in [2.05, 4.69) is 0 Å². The van der Waals surface area contributed by atoms with E-state index in [1.807, 2.05) is 37.3 Å². The predicted molar refractivity (Wildman–Crippen MR) is 95.2 cm³/mol. The van der Waals surface area contributed by atoms with Gasteiger partial charge in [0.15, 0.2) is 18.3 Å². The van der Waals surface area contributed by atoms with Crippen LogP contribution in [0.5, 0.6) is 0 Å². The Labute approximate surface area is 157 Å². The topological polar surface area (TPSA) is 99.1 Å². The summed E-state index contributed by atoms with van der Waals surface area (Å²) in [4.78, 5) is 11.6. The van der Waals surface area contributed by atoms with Gasteiger partial charge in [-0.2, -0.15) is 8.42 Å². The monoisotopic (exact) mass is 392 g/mol. The third-order valence-corrected chi connectivity index (χ3v) is 5.45. The molecule has 8 heteroatoms. The number of hydrogen-bond donors (Lipinski definition) is 1. The first-order chi connectivity index (χ1) is 12.9. The van der Waals surface area contributed by atoms with Crippen LogP contribution in [0.25, 0.3) is 0 Å². The summed E-state index contributed by atoms with van der Waals surface area (Å²) in [6, 6.07) is 15.4. The molecule has 2 aromatic rings. The number of ether oxygens (including phenoxy) is 2. The third kappa shape index (κ3) is 4.72. The van der Waals surface area contributed by atoms with Crippen molar-refractivity contribution in [3.8, 4) is 0 Å². The molecule has 1 N–H and O–H groups in total. The molecule has 27 heavy (non-hydrogen) atoms. The quantitative estimate of drug-likeness (QED) is 0.564. The molecule has 0 amide bonds. The number of benzene rings is 2. The lowest BCUT2D eigenvalue weighted by molar-refractivity contribution is -0.149. The fourth-order valence-electron chi connectivity index (χ4n) is 2.64. The summed E-state index contributed by atoms with van der Waals surface area (Å²) < 4.78 is 40.5. The zero-order chi connectivity index (χ0) is 19.4. The van der Waals surface area contributed by atoms with Crippen molar-refractivity contribution < 1.29 is 32.0 Å². The van der Waals surface area contributed by atoms with Crippen LogP contribution < -0.4 is 0 Å². The van der Waals surface area contributed by atoms with Crippen molar-refractivity contribution in [2.24, 2.45) is 0 Å². The smallest absolute Gasteiger partial charge is 0.338 e. The zero-order valence-electron chi connectivity index (χ0n) is 14.6. The van der Waals surface area contributed by atoms with Crippen molar-refractivity contribution in [2.75, 3.05) is 6.61 Å². The van der Waals surface area contributed by atoms with Crippen molar-refractivity contribution in [3.05, 3.63) is 65.7 Å². The van der Waals surface area contributed by atoms with Gasteiger partial charge in [0.25, 0.3) is 10.1 Å². The maximum absolute atomic E-state index is 12.5. The molecule has 0 aromatic heterocycles. The molecular weight excluding hydrogens is 372 g/mol. The molecule has 1 aliphatic heterocycles. The average Bonchev–Trinajstić information content (AvgIpc) is 2.90. The number of rotatable bonds is 7. The first kappa shape index (κ1) is 19.5. The summed E-state index contributed by atoms with van der Waals surface area (Å²) in [6.07, 6.45) is -4.11. The Hall–Kier alpha value is -2.26. The van der Waals surface area contributed by atoms with Crippen molar-refractivity contribution >= 4 is 16.1 Å². The fourth-order valence-corrected chi connectivity index (χ4v) is 3.74. The predicted octanol–water partition coefficient (Wildman–Crippen LogP) is 1.57. The van der Waals surface area contributed by atoms with Gasteiger partial charge < -0.3 is 14.6 Å². The maximum atomic E-state index is 12.5. The van der Waals surface area contributed by atoms with Gasteiger partial charge in [0.05, 0.1) is 18.1 Å². The van der Waals surface area contributed by atoms with Gasteiger partial charge in [0, 0.05) is 0 Å². The number of aliphatic hydroxyl groups is 1. The fraction of sp³-hybridized carbons (Fsp3) is 0.316. The van der Waals surface area contributed by atoms with Crippen molar-refractivity contribution in [3.63, 3.8) is 0 Å². The van der Waals surface area contributed by atoms with E-state index in [4.69, 9.17) is 13.7 Å². The lowest BCUT2D eigenvalue weighted by Crippen LogP contribution is -2.38. The lowest BCUT2D eigenvalue weighted by atomic mass is 10.1. The number of esters is 1. The first-order valence-electron chi connectivity index (χ1n) is 8.37. The minimum Gasteiger partial charge on any atom is -0.455 e. The van der Waals surface area contributed by atoms with Crippen LogP contribution >= 0.6 is 0 Å². The maximum Gasteiger partial charge on any atom is 0.338 e. The van der Waals surface area contributed by atoms with Crippen LogP contribution in [0, 0.1) is 6.92 Å². The molecule has 0 spiro atoms. The number of aryl methyl sites for hydroxylation is 1. The largest absolute Gasteiger partial charge is 0.455 e. The second kappa shape index (κ2) is 8.18. The number of hydrogen-bond acceptors (Lipinski definition) is 7. The molecule has 144 valence electrons. The van der Waals surface area contributed by atoms with Crippen LogP contribution in [0.3, 0.4) is 0 Å². The van der Waals surface area contributed by atoms with E-state index >= 15 is 0 Å². The van der Waals surface area contributed by atoms with Gasteiger partial charge in [-0.15, -0.1) is 0 Å². The molecule has 3 rings (SSSR count). The highest BCUT2D eigenvalue weighted by molar-refractivity contribution is 7.86. The Morgan fingerprint density at radius 3 is 2.41 bits per heavy atom. The Morgan fingerprint density at radius 1 is 1.07 bits per heavy atom. The van der Waals surface area contributed by atoms with Gasteiger partial charge in [-0.3, -0.25) is 4.18 Å². The highest BCUT2D eigenvalue weighted by Crippen LogP contribution is 2.25. The molecule has 3 atom stereocenters. The Balaban J connectivity index is 1.67. The number of cyclic esters (lactones) is 1. The molecule has 0 bridgehead atoms. The van der Waals surface area contributed by atoms with Crippen LogP contribution in [-0.2, 0) is 35.2 Å². The number of carbonyl (C=O) groups excluding carboxylic acids is 1. The van der Waals surface area contributed by atoms with Crippen LogP contribution in [0.4, 0.5) is 0 Å². The second-order valence-electron chi connectivity index (χ2n) is 6.25. The van der Waals surface area contributed by atoms with Crippen LogP contribution in [0.15, 0.2) is 59.5 Å². The van der Waals surface area contributed by atoms with Gasteiger partial charge in [-0.05, 0) is 24.6 Å². The molecular formula is C19H20O7S. The molecule has 0 aliphatic carbocycles. The Bertz CT molecular complexity index is 878. The van der Waals surface area contributed by atoms with E-state index in [0.29, 0.717) is 0 Å². The Kier molecular flexibility index (Phi) is 5.91. The molecule has 0 unspecified atom stereocenters. The first-order valence-corrected chi connectivity index (χ1v) is 9.78. The van der Waals surface area contributed by atoms with Gasteiger partial charge in [0.1, 0.15) is 0 Å². The minimum atomic E-state index is -4.17. The van der Waals surface area contributed by atoms with E-state index in [0.717, 1.165) is 11.1 Å². The van der Waals surface area contributed by atoms with Crippen LogP contribution in [-0.4, -0.2) is 44.4 Å². The lowest BCUT2D eigenvalue weighted by Gasteiger charge is -2.19. The highest BCUT2D eigenvalue weighted by atomic mass is 32.2. The second-order valence-corrected chi connectivity index (χ2v) is 7.82. The van der Waals surface area contributed by atoms with Gasteiger partial charge in [-0.25, -0.2) is 4.79 Å². The summed E-state index contributed by atoms with van der Waals surface area (Å²) in [5.41, 5.74) is 1.80. The number of carbonyl (C=O) groups is 1. The average molecular weight is 392 g/mol. The van der Waals surface area contributed by atoms with Crippen LogP contribution in [0.2, 0.25) is 0 Å². The minimum absolute atomic E-state index is 0.0661. The molecule has 2 aromatic carbocycles. The molecule has 1 aliphatic rings. The molecule has 1 saturated heterocycles. The van der Waals surface area contributed by atoms with Gasteiger partial charge in [-0.1, -0.05) is 48.0 Å². The summed E-state index contributed by atoms with van der Waals surface area (Å²) in [5.74, 6) is -0.938. The molecule has 1 heterocycles. The van der Waals surface area contributed by atoms with Gasteiger partial charge >= 0.3 is 5.97 Å². The summed E-state index contributed by atoms with van der Waals surface area (Å²) in [7, 11) is -4.17. The van der Waals surface area contributed by atoms with Crippen molar-refractivity contribution in [1.82, 2.24) is 0 Å². The standard InChI is InChI=1S/C19H20O7S/c1-13-7-9-15(10-8-13)27(22,23)26-18-16(25-19(21)17(18)20)12-24-11-14-5-3-2-4-6-14/h2-10,16-18,20H,11-12H2,1H3/t16-,17-,18-/m0/s1. The van der Waals surface area contributed by atoms with E-state index in [1.165, 1.54) is 12.1 Å². The van der Waals surface area contributed by atoms with Gasteiger partial charge in [0.2, 0.25) is 0 Å². The summed E-state index contributed by atoms with van der Waals surface area (Å²) in [6.45, 7) is 1.97. The van der Waals surface area contributed by atoms with Crippen LogP contribution in [0.1, 0.15) is 11.1 Å². The van der Waals surface area contributed by atoms with E-state index in [9.17, 15) is 18.3 Å². The van der Waals surface area contributed by atoms with Crippen molar-refractivity contribution in [1.29, 1.82) is 0 Å². The molecule has 0 saturated carbocycles. The van der Waals surface area contributed by atoms with E-state index in [-0.39, 0.29) is 18.1 Å². The third-order valence-electron chi connectivity index (χ3n) is 4.13. The normalized spacial score (nSPS) is 22.6. The van der Waals surface area contributed by atoms with Crippen molar-refractivity contribution in [2.45, 2.75) is 36.7 Å². The SMILES string of the molecule is Cc1ccc(S(=O)(=O)O[C@H]2[C@H](COCc3ccccc3)OC(=O)[C@H]2O)cc1. The summed E-state index contributed by atoms with van der Waals surface area (Å²) in [5, 5.41) is 9.98. The molecule has 1 fully saturated rings. The molecule has 7 nitrogen and oxygen atoms in total. The zero-order valence-corrected chi connectivity index (χ0v) is 15.5. The Morgan fingerprint density at radius 2 is 1.74 bits per heavy atom. The molecule has 0 radical (unpaired) electrons. The van der Waals surface area contributed by atoms with E-state index < -0.39 is 34.4 Å².